The van der Waals surface area contributed by atoms with Crippen molar-refractivity contribution in [1.82, 2.24) is 19.8 Å². The maximum absolute atomic E-state index is 12.3. The smallest absolute Gasteiger partial charge is 0.410 e. The zero-order chi connectivity index (χ0) is 32.0. The number of aliphatic imine (C=N–C) groups is 1. The number of amides is 1. The highest BCUT2D eigenvalue weighted by atomic mass is 35.5. The van der Waals surface area contributed by atoms with Crippen molar-refractivity contribution >= 4 is 47.0 Å². The summed E-state index contributed by atoms with van der Waals surface area (Å²) in [5.41, 5.74) is 1.48. The van der Waals surface area contributed by atoms with Crippen LogP contribution in [-0.4, -0.2) is 82.6 Å². The van der Waals surface area contributed by atoms with Crippen molar-refractivity contribution in [3.63, 3.8) is 0 Å². The molecule has 0 atom stereocenters. The first-order valence-corrected chi connectivity index (χ1v) is 15.9. The number of nitrogens with one attached hydrogen (secondary N) is 1. The lowest BCUT2D eigenvalue weighted by molar-refractivity contribution is 0.0137. The number of nitrogens with zero attached hydrogens (tertiary/aromatic N) is 5. The van der Waals surface area contributed by atoms with Crippen LogP contribution in [0.5, 0.6) is 11.6 Å². The quantitative estimate of drug-likeness (QED) is 0.220. The van der Waals surface area contributed by atoms with Gasteiger partial charge in [-0.2, -0.15) is 4.98 Å². The lowest BCUT2D eigenvalue weighted by Crippen LogP contribution is -2.50. The molecule has 1 saturated carbocycles. The third-order valence-electron chi connectivity index (χ3n) is 7.44. The Kier molecular flexibility index (Phi) is 10.4. The van der Waals surface area contributed by atoms with Gasteiger partial charge < -0.3 is 24.4 Å². The van der Waals surface area contributed by atoms with Gasteiger partial charge in [0.1, 0.15) is 29.9 Å². The van der Waals surface area contributed by atoms with Crippen LogP contribution in [0, 0.1) is 0 Å². The summed E-state index contributed by atoms with van der Waals surface area (Å²) < 4.78 is 17.7. The Morgan fingerprint density at radius 2 is 1.87 bits per heavy atom. The van der Waals surface area contributed by atoms with Gasteiger partial charge in [-0.25, -0.2) is 14.8 Å². The first-order valence-electron chi connectivity index (χ1n) is 15.2. The van der Waals surface area contributed by atoms with Crippen LogP contribution in [0.1, 0.15) is 51.7 Å². The third kappa shape index (κ3) is 9.69. The van der Waals surface area contributed by atoms with Crippen LogP contribution in [0.15, 0.2) is 53.8 Å². The second kappa shape index (κ2) is 14.2. The fourth-order valence-electron chi connectivity index (χ4n) is 4.64. The lowest BCUT2D eigenvalue weighted by Gasteiger charge is -2.35. The number of aromatic nitrogens is 2. The zero-order valence-electron chi connectivity index (χ0n) is 26.2. The van der Waals surface area contributed by atoms with E-state index in [0.29, 0.717) is 59.4 Å². The molecule has 12 heteroatoms. The topological polar surface area (TPSA) is 101 Å². The predicted molar refractivity (Wildman–Crippen MR) is 178 cm³/mol. The average Bonchev–Trinajstić information content (AvgIpc) is 3.72. The van der Waals surface area contributed by atoms with Gasteiger partial charge in [0.15, 0.2) is 11.5 Å². The summed E-state index contributed by atoms with van der Waals surface area (Å²) >= 11 is 12.8. The van der Waals surface area contributed by atoms with Crippen LogP contribution in [0.4, 0.5) is 16.3 Å². The minimum absolute atomic E-state index is 0.245. The second-order valence-corrected chi connectivity index (χ2v) is 13.4. The third-order valence-corrected chi connectivity index (χ3v) is 8.00. The summed E-state index contributed by atoms with van der Waals surface area (Å²) in [6.07, 6.45) is 4.81. The van der Waals surface area contributed by atoms with E-state index in [2.05, 4.69) is 27.1 Å². The fraction of sp³-hybridized carbons (Fsp3) is 0.455. The number of ether oxygens (including phenoxy) is 3. The standard InChI is InChI=1S/C33H40Cl2N6O4/c1-32(2,3)45-31(42)41-14-12-40(13-15-41)16-17-43-26-9-8-24(27(35)19-26)21-36-28-29(37-20-23-6-5-7-25(34)18-23)38-22-39-30(28)44-33(4)10-11-33/h5-9,18-19,21-22H,10-17,20H2,1-4H3,(H,37,38,39)/b36-21+. The van der Waals surface area contributed by atoms with Crippen LogP contribution >= 0.6 is 23.2 Å². The molecule has 2 fully saturated rings. The average molecular weight is 656 g/mol. The van der Waals surface area contributed by atoms with Crippen molar-refractivity contribution < 1.29 is 19.0 Å². The molecule has 0 bridgehead atoms. The van der Waals surface area contributed by atoms with Gasteiger partial charge in [0.25, 0.3) is 0 Å². The molecule has 2 aromatic carbocycles. The normalized spacial score (nSPS) is 16.4. The Morgan fingerprint density at radius 1 is 1.09 bits per heavy atom. The van der Waals surface area contributed by atoms with E-state index < -0.39 is 5.60 Å². The Morgan fingerprint density at radius 3 is 2.56 bits per heavy atom. The second-order valence-electron chi connectivity index (χ2n) is 12.5. The fourth-order valence-corrected chi connectivity index (χ4v) is 5.07. The monoisotopic (exact) mass is 654 g/mol. The van der Waals surface area contributed by atoms with Crippen molar-refractivity contribution in [1.29, 1.82) is 0 Å². The van der Waals surface area contributed by atoms with E-state index >= 15 is 0 Å². The molecule has 0 spiro atoms. The molecule has 1 aromatic heterocycles. The Labute approximate surface area is 274 Å². The first-order chi connectivity index (χ1) is 21.5. The number of rotatable bonds is 11. The van der Waals surface area contributed by atoms with Crippen molar-refractivity contribution in [3.05, 3.63) is 70.0 Å². The molecule has 1 saturated heterocycles. The molecule has 10 nitrogen and oxygen atoms in total. The highest BCUT2D eigenvalue weighted by Gasteiger charge is 2.41. The van der Waals surface area contributed by atoms with E-state index in [1.165, 1.54) is 6.33 Å². The van der Waals surface area contributed by atoms with Gasteiger partial charge >= 0.3 is 6.09 Å². The van der Waals surface area contributed by atoms with Crippen molar-refractivity contribution in [2.24, 2.45) is 4.99 Å². The molecule has 1 aliphatic heterocycles. The number of hydrogen-bond acceptors (Lipinski definition) is 9. The summed E-state index contributed by atoms with van der Waals surface area (Å²) in [6.45, 7) is 12.2. The minimum Gasteiger partial charge on any atom is -0.492 e. The number of anilines is 1. The molecule has 0 unspecified atom stereocenters. The van der Waals surface area contributed by atoms with Gasteiger partial charge in [-0.1, -0.05) is 35.3 Å². The molecular weight excluding hydrogens is 615 g/mol. The number of halogens is 2. The predicted octanol–water partition coefficient (Wildman–Crippen LogP) is 7.01. The number of benzene rings is 2. The number of carbonyl (C=O) groups excluding carboxylic acids is 1. The molecule has 1 amide bonds. The summed E-state index contributed by atoms with van der Waals surface area (Å²) in [7, 11) is 0. The SMILES string of the molecule is CC(C)(C)OC(=O)N1CCN(CCOc2ccc(/C=N/c3c(NCc4cccc(Cl)c4)ncnc3OC3(C)CC3)c(Cl)c2)CC1. The number of carbonyl (C=O) groups is 1. The van der Waals surface area contributed by atoms with Gasteiger partial charge in [0.05, 0.1) is 5.02 Å². The largest absolute Gasteiger partial charge is 0.492 e. The number of hydrogen-bond donors (Lipinski definition) is 1. The molecule has 240 valence electrons. The molecular formula is C33H40Cl2N6O4. The van der Waals surface area contributed by atoms with Gasteiger partial charge in [-0.3, -0.25) is 4.90 Å². The van der Waals surface area contributed by atoms with E-state index in [1.54, 1.807) is 17.2 Å². The molecule has 45 heavy (non-hydrogen) atoms. The van der Waals surface area contributed by atoms with Crippen LogP contribution in [0.3, 0.4) is 0 Å². The van der Waals surface area contributed by atoms with Gasteiger partial charge in [0, 0.05) is 56.1 Å². The first kappa shape index (κ1) is 32.8. The highest BCUT2D eigenvalue weighted by Crippen LogP contribution is 2.43. The molecule has 1 N–H and O–H groups in total. The summed E-state index contributed by atoms with van der Waals surface area (Å²) in [5, 5.41) is 4.52. The van der Waals surface area contributed by atoms with E-state index in [4.69, 9.17) is 42.4 Å². The Hall–Kier alpha value is -3.60. The zero-order valence-corrected chi connectivity index (χ0v) is 27.7. The van der Waals surface area contributed by atoms with E-state index in [-0.39, 0.29) is 11.7 Å². The van der Waals surface area contributed by atoms with Crippen LogP contribution < -0.4 is 14.8 Å². The molecule has 3 aromatic rings. The maximum atomic E-state index is 12.3. The number of piperazine rings is 1. The molecule has 2 heterocycles. The van der Waals surface area contributed by atoms with Crippen molar-refractivity contribution in [2.45, 2.75) is 58.3 Å². The Bertz CT molecular complexity index is 1520. The van der Waals surface area contributed by atoms with E-state index in [0.717, 1.165) is 43.6 Å². The highest BCUT2D eigenvalue weighted by molar-refractivity contribution is 6.33. The minimum atomic E-state index is -0.495. The van der Waals surface area contributed by atoms with Gasteiger partial charge in [0.2, 0.25) is 5.88 Å². The maximum Gasteiger partial charge on any atom is 0.410 e. The molecule has 5 rings (SSSR count). The van der Waals surface area contributed by atoms with Crippen LogP contribution in [0.2, 0.25) is 10.0 Å². The lowest BCUT2D eigenvalue weighted by atomic mass is 10.2. The van der Waals surface area contributed by atoms with Crippen LogP contribution in [0.25, 0.3) is 0 Å². The summed E-state index contributed by atoms with van der Waals surface area (Å²) in [6, 6.07) is 13.2. The van der Waals surface area contributed by atoms with Crippen molar-refractivity contribution in [2.75, 3.05) is 44.6 Å². The van der Waals surface area contributed by atoms with Crippen molar-refractivity contribution in [3.8, 4) is 11.6 Å². The van der Waals surface area contributed by atoms with E-state index in [9.17, 15) is 4.79 Å². The molecule has 1 aliphatic carbocycles. The van der Waals surface area contributed by atoms with Crippen LogP contribution in [-0.2, 0) is 11.3 Å². The van der Waals surface area contributed by atoms with Gasteiger partial charge in [-0.05, 0) is 76.4 Å². The Balaban J connectivity index is 1.18. The van der Waals surface area contributed by atoms with Gasteiger partial charge in [-0.15, -0.1) is 0 Å². The molecule has 0 radical (unpaired) electrons. The molecule has 2 aliphatic rings. The summed E-state index contributed by atoms with van der Waals surface area (Å²) in [5.74, 6) is 1.63. The van der Waals surface area contributed by atoms with E-state index in [1.807, 2.05) is 57.2 Å². The summed E-state index contributed by atoms with van der Waals surface area (Å²) in [4.78, 5) is 29.9.